The Morgan fingerprint density at radius 2 is 1.90 bits per heavy atom. The Bertz CT molecular complexity index is 1020. The molecule has 0 spiro atoms. The Morgan fingerprint density at radius 3 is 2.59 bits per heavy atom. The minimum absolute atomic E-state index is 0.118. The van der Waals surface area contributed by atoms with E-state index in [2.05, 4.69) is 25.8 Å². The zero-order valence-electron chi connectivity index (χ0n) is 15.5. The van der Waals surface area contributed by atoms with Crippen molar-refractivity contribution in [3.8, 4) is 11.4 Å². The lowest BCUT2D eigenvalue weighted by Gasteiger charge is -2.14. The van der Waals surface area contributed by atoms with Gasteiger partial charge in [0.1, 0.15) is 5.82 Å². The summed E-state index contributed by atoms with van der Waals surface area (Å²) in [5.41, 5.74) is 2.17. The average molecular weight is 411 g/mol. The zero-order chi connectivity index (χ0) is 20.2. The van der Waals surface area contributed by atoms with Crippen LogP contribution in [0.5, 0.6) is 0 Å². The van der Waals surface area contributed by atoms with Crippen LogP contribution in [0.4, 0.5) is 10.5 Å². The molecule has 0 bridgehead atoms. The summed E-state index contributed by atoms with van der Waals surface area (Å²) >= 11 is 5.89. The minimum Gasteiger partial charge on any atom is -0.352 e. The molecule has 0 atom stereocenters. The number of carbonyl (C=O) groups is 2. The van der Waals surface area contributed by atoms with E-state index in [1.165, 1.54) is 0 Å². The van der Waals surface area contributed by atoms with Crippen molar-refractivity contribution in [2.45, 2.75) is 6.42 Å². The van der Waals surface area contributed by atoms with Crippen LogP contribution in [0, 0.1) is 0 Å². The molecule has 2 heterocycles. The Labute approximate surface area is 172 Å². The molecule has 1 aliphatic rings. The highest BCUT2D eigenvalue weighted by molar-refractivity contribution is 6.30. The summed E-state index contributed by atoms with van der Waals surface area (Å²) in [7, 11) is 0. The van der Waals surface area contributed by atoms with Gasteiger partial charge in [0.15, 0.2) is 5.82 Å². The van der Waals surface area contributed by atoms with Gasteiger partial charge in [0.2, 0.25) is 0 Å². The van der Waals surface area contributed by atoms with E-state index in [4.69, 9.17) is 11.6 Å². The predicted molar refractivity (Wildman–Crippen MR) is 110 cm³/mol. The van der Waals surface area contributed by atoms with Crippen LogP contribution in [-0.4, -0.2) is 46.8 Å². The Kier molecular flexibility index (Phi) is 5.44. The van der Waals surface area contributed by atoms with Crippen LogP contribution in [0.3, 0.4) is 0 Å². The number of H-pyrrole nitrogens is 1. The molecule has 1 aromatic heterocycles. The fourth-order valence-corrected chi connectivity index (χ4v) is 3.17. The molecule has 0 radical (unpaired) electrons. The lowest BCUT2D eigenvalue weighted by Crippen LogP contribution is -2.28. The summed E-state index contributed by atoms with van der Waals surface area (Å²) in [6.07, 6.45) is 0.526. The largest absolute Gasteiger partial charge is 0.352 e. The maximum atomic E-state index is 12.3. The van der Waals surface area contributed by atoms with Crippen molar-refractivity contribution in [1.82, 2.24) is 25.8 Å². The first-order chi connectivity index (χ1) is 14.1. The van der Waals surface area contributed by atoms with Gasteiger partial charge in [-0.3, -0.25) is 14.8 Å². The molecule has 3 aromatic rings. The molecule has 0 saturated carbocycles. The fourth-order valence-electron chi connectivity index (χ4n) is 3.04. The summed E-state index contributed by atoms with van der Waals surface area (Å²) in [6.45, 7) is 1.67. The number of aromatic amines is 1. The topological polar surface area (TPSA) is 103 Å². The van der Waals surface area contributed by atoms with Crippen LogP contribution in [0.1, 0.15) is 16.2 Å². The predicted octanol–water partition coefficient (Wildman–Crippen LogP) is 2.63. The van der Waals surface area contributed by atoms with E-state index >= 15 is 0 Å². The Morgan fingerprint density at radius 1 is 1.14 bits per heavy atom. The van der Waals surface area contributed by atoms with Gasteiger partial charge in [0.05, 0.1) is 0 Å². The third kappa shape index (κ3) is 4.38. The quantitative estimate of drug-likeness (QED) is 0.581. The Hall–Kier alpha value is -3.39. The minimum atomic E-state index is -0.181. The molecule has 1 fully saturated rings. The van der Waals surface area contributed by atoms with Crippen molar-refractivity contribution in [2.75, 3.05) is 24.5 Å². The summed E-state index contributed by atoms with van der Waals surface area (Å²) < 4.78 is 0. The number of anilines is 1. The number of benzene rings is 2. The number of aromatic nitrogens is 3. The van der Waals surface area contributed by atoms with Crippen LogP contribution in [0.15, 0.2) is 48.5 Å². The standard InChI is InChI=1S/C20H19ClN6O2/c21-15-5-1-13(2-6-15)18-24-17(25-26-18)9-10-22-19(28)14-3-7-16(8-4-14)27-12-11-23-20(27)29/h1-8H,9-12H2,(H,22,28)(H,23,29)(H,24,25,26). The maximum absolute atomic E-state index is 12.3. The fraction of sp³-hybridized carbons (Fsp3) is 0.200. The van der Waals surface area contributed by atoms with Crippen molar-refractivity contribution in [2.24, 2.45) is 0 Å². The molecule has 8 nitrogen and oxygen atoms in total. The van der Waals surface area contributed by atoms with Gasteiger partial charge >= 0.3 is 6.03 Å². The van der Waals surface area contributed by atoms with Crippen LogP contribution in [0.2, 0.25) is 5.02 Å². The third-order valence-electron chi connectivity index (χ3n) is 4.58. The number of carbonyl (C=O) groups excluding carboxylic acids is 2. The number of halogens is 1. The maximum Gasteiger partial charge on any atom is 0.321 e. The molecule has 1 aliphatic heterocycles. The van der Waals surface area contributed by atoms with E-state index in [1.54, 1.807) is 41.3 Å². The molecule has 1 saturated heterocycles. The molecule has 9 heteroatoms. The highest BCUT2D eigenvalue weighted by atomic mass is 35.5. The van der Waals surface area contributed by atoms with Gasteiger partial charge in [-0.1, -0.05) is 11.6 Å². The second-order valence-corrected chi connectivity index (χ2v) is 6.99. The molecule has 148 valence electrons. The van der Waals surface area contributed by atoms with E-state index in [1.807, 2.05) is 12.1 Å². The number of hydrogen-bond donors (Lipinski definition) is 3. The van der Waals surface area contributed by atoms with E-state index in [9.17, 15) is 9.59 Å². The van der Waals surface area contributed by atoms with Gasteiger partial charge in [-0.2, -0.15) is 5.10 Å². The zero-order valence-corrected chi connectivity index (χ0v) is 16.2. The second-order valence-electron chi connectivity index (χ2n) is 6.55. The van der Waals surface area contributed by atoms with Gasteiger partial charge in [-0.15, -0.1) is 0 Å². The monoisotopic (exact) mass is 410 g/mol. The molecule has 2 aromatic carbocycles. The average Bonchev–Trinajstić information content (AvgIpc) is 3.38. The highest BCUT2D eigenvalue weighted by Crippen LogP contribution is 2.18. The summed E-state index contributed by atoms with van der Waals surface area (Å²) in [6, 6.07) is 14.1. The molecule has 29 heavy (non-hydrogen) atoms. The van der Waals surface area contributed by atoms with Crippen LogP contribution < -0.4 is 15.5 Å². The van der Waals surface area contributed by atoms with Gasteiger partial charge < -0.3 is 10.6 Å². The number of nitrogens with one attached hydrogen (secondary N) is 3. The molecule has 3 N–H and O–H groups in total. The highest BCUT2D eigenvalue weighted by Gasteiger charge is 2.21. The second kappa shape index (κ2) is 8.32. The van der Waals surface area contributed by atoms with Gasteiger partial charge in [-0.25, -0.2) is 9.78 Å². The molecule has 0 aliphatic carbocycles. The number of rotatable bonds is 6. The van der Waals surface area contributed by atoms with Gasteiger partial charge in [-0.05, 0) is 48.5 Å². The lowest BCUT2D eigenvalue weighted by atomic mass is 10.2. The molecule has 3 amide bonds. The van der Waals surface area contributed by atoms with E-state index in [-0.39, 0.29) is 11.9 Å². The number of amides is 3. The number of urea groups is 1. The molecular weight excluding hydrogens is 392 g/mol. The lowest BCUT2D eigenvalue weighted by molar-refractivity contribution is 0.0954. The number of hydrogen-bond acceptors (Lipinski definition) is 4. The normalized spacial score (nSPS) is 13.4. The van der Waals surface area contributed by atoms with Crippen molar-refractivity contribution in [3.63, 3.8) is 0 Å². The molecular formula is C20H19ClN6O2. The summed E-state index contributed by atoms with van der Waals surface area (Å²) in [5.74, 6) is 1.09. The summed E-state index contributed by atoms with van der Waals surface area (Å²) in [4.78, 5) is 30.1. The summed E-state index contributed by atoms with van der Waals surface area (Å²) in [5, 5.41) is 13.4. The smallest absolute Gasteiger partial charge is 0.321 e. The SMILES string of the molecule is O=C(NCCc1nc(-c2ccc(Cl)cc2)n[nH]1)c1ccc(N2CCNC2=O)cc1. The van der Waals surface area contributed by atoms with Crippen molar-refractivity contribution < 1.29 is 9.59 Å². The van der Waals surface area contributed by atoms with E-state index in [0.717, 1.165) is 11.3 Å². The van der Waals surface area contributed by atoms with Crippen LogP contribution in [-0.2, 0) is 6.42 Å². The van der Waals surface area contributed by atoms with Crippen LogP contribution in [0.25, 0.3) is 11.4 Å². The molecule has 0 unspecified atom stereocenters. The number of nitrogens with zero attached hydrogens (tertiary/aromatic N) is 3. The first-order valence-corrected chi connectivity index (χ1v) is 9.59. The Balaban J connectivity index is 1.30. The van der Waals surface area contributed by atoms with Crippen molar-refractivity contribution >= 4 is 29.2 Å². The first-order valence-electron chi connectivity index (χ1n) is 9.21. The van der Waals surface area contributed by atoms with Gasteiger partial charge in [0.25, 0.3) is 5.91 Å². The van der Waals surface area contributed by atoms with Crippen molar-refractivity contribution in [3.05, 3.63) is 64.9 Å². The third-order valence-corrected chi connectivity index (χ3v) is 4.83. The van der Waals surface area contributed by atoms with E-state index in [0.29, 0.717) is 48.3 Å². The van der Waals surface area contributed by atoms with E-state index < -0.39 is 0 Å². The molecule has 4 rings (SSSR count). The van der Waals surface area contributed by atoms with Gasteiger partial charge in [0, 0.05) is 47.9 Å². The van der Waals surface area contributed by atoms with Crippen LogP contribution >= 0.6 is 11.6 Å². The first kappa shape index (κ1) is 18.9. The van der Waals surface area contributed by atoms with Crippen molar-refractivity contribution in [1.29, 1.82) is 0 Å².